The molecular weight excluding hydrogens is 272 g/mol. The highest BCUT2D eigenvalue weighted by Gasteiger charge is 2.26. The Balaban J connectivity index is 1.99. The number of hydrogen-bond donors (Lipinski definition) is 0. The van der Waals surface area contributed by atoms with Gasteiger partial charge in [-0.2, -0.15) is 0 Å². The first-order valence-corrected chi connectivity index (χ1v) is 7.70. The van der Waals surface area contributed by atoms with Crippen molar-refractivity contribution in [3.05, 3.63) is 71.8 Å². The van der Waals surface area contributed by atoms with Crippen LogP contribution in [0.2, 0.25) is 0 Å². The zero-order chi connectivity index (χ0) is 16.7. The molecule has 0 N–H and O–H groups in total. The molecule has 0 aliphatic heterocycles. The summed E-state index contributed by atoms with van der Waals surface area (Å²) in [6.45, 7) is 4.86. The average Bonchev–Trinajstić information content (AvgIpc) is 2.62. The van der Waals surface area contributed by atoms with Crippen LogP contribution in [0.15, 0.2) is 60.7 Å². The van der Waals surface area contributed by atoms with E-state index < -0.39 is 11.8 Å². The first kappa shape index (κ1) is 15.0. The van der Waals surface area contributed by atoms with Crippen LogP contribution in [-0.2, 0) is 11.3 Å². The highest BCUT2D eigenvalue weighted by atomic mass is 16.5. The van der Waals surface area contributed by atoms with Crippen molar-refractivity contribution >= 4 is 5.78 Å². The van der Waals surface area contributed by atoms with Crippen molar-refractivity contribution in [2.45, 2.75) is 33.3 Å². The molecule has 0 aliphatic carbocycles. The van der Waals surface area contributed by atoms with E-state index in [9.17, 15) is 4.79 Å². The first-order chi connectivity index (χ1) is 11.1. The van der Waals surface area contributed by atoms with Crippen LogP contribution in [0.3, 0.4) is 0 Å². The molecule has 2 atom stereocenters. The van der Waals surface area contributed by atoms with Gasteiger partial charge in [0.2, 0.25) is 0 Å². The third-order valence-electron chi connectivity index (χ3n) is 3.89. The van der Waals surface area contributed by atoms with Crippen molar-refractivity contribution in [3.63, 3.8) is 0 Å². The SMILES string of the molecule is [2H][C@H](C(=O)c1ccccc1)[C@@](C)(CC)COCc1ccccc1. The maximum Gasteiger partial charge on any atom is 0.163 e. The van der Waals surface area contributed by atoms with Crippen LogP contribution in [0, 0.1) is 5.41 Å². The molecule has 0 spiro atoms. The molecule has 116 valence electrons. The van der Waals surface area contributed by atoms with Crippen molar-refractivity contribution < 1.29 is 10.9 Å². The Hall–Kier alpha value is -1.93. The van der Waals surface area contributed by atoms with E-state index in [0.717, 1.165) is 5.56 Å². The minimum absolute atomic E-state index is 0.140. The Morgan fingerprint density at radius 3 is 2.27 bits per heavy atom. The monoisotopic (exact) mass is 297 g/mol. The number of hydrogen-bond acceptors (Lipinski definition) is 2. The number of Topliss-reactive ketones (excluding diaryl/α,β-unsaturated/α-hetero) is 1. The molecule has 0 aliphatic rings. The summed E-state index contributed by atoms with van der Waals surface area (Å²) in [5.74, 6) is -0.140. The van der Waals surface area contributed by atoms with Gasteiger partial charge in [0.1, 0.15) is 0 Å². The lowest BCUT2D eigenvalue weighted by Crippen LogP contribution is -2.26. The second-order valence-electron chi connectivity index (χ2n) is 5.86. The van der Waals surface area contributed by atoms with Crippen molar-refractivity contribution in [2.24, 2.45) is 5.41 Å². The minimum atomic E-state index is -0.828. The summed E-state index contributed by atoms with van der Waals surface area (Å²) in [6.07, 6.45) is -0.111. The fraction of sp³-hybridized carbons (Fsp3) is 0.350. The Labute approximate surface area is 134 Å². The first-order valence-electron chi connectivity index (χ1n) is 8.28. The Kier molecular flexibility index (Phi) is 5.38. The minimum Gasteiger partial charge on any atom is -0.376 e. The quantitative estimate of drug-likeness (QED) is 0.648. The fourth-order valence-corrected chi connectivity index (χ4v) is 2.22. The van der Waals surface area contributed by atoms with Gasteiger partial charge in [0.25, 0.3) is 0 Å². The van der Waals surface area contributed by atoms with E-state index in [4.69, 9.17) is 6.11 Å². The van der Waals surface area contributed by atoms with Crippen molar-refractivity contribution in [1.29, 1.82) is 0 Å². The number of carbonyl (C=O) groups is 1. The molecule has 0 aromatic heterocycles. The van der Waals surface area contributed by atoms with E-state index in [1.54, 1.807) is 12.1 Å². The van der Waals surface area contributed by atoms with Crippen molar-refractivity contribution in [1.82, 2.24) is 0 Å². The normalized spacial score (nSPS) is 15.6. The molecule has 0 fully saturated rings. The molecule has 2 heteroatoms. The summed E-state index contributed by atoms with van der Waals surface area (Å²) < 4.78 is 14.2. The smallest absolute Gasteiger partial charge is 0.163 e. The van der Waals surface area contributed by atoms with Crippen LogP contribution in [0.5, 0.6) is 0 Å². The van der Waals surface area contributed by atoms with Gasteiger partial charge in [-0.25, -0.2) is 0 Å². The highest BCUT2D eigenvalue weighted by Crippen LogP contribution is 2.28. The molecular formula is C20H24O2. The third kappa shape index (κ3) is 4.81. The molecule has 0 amide bonds. The van der Waals surface area contributed by atoms with E-state index in [0.29, 0.717) is 25.2 Å². The van der Waals surface area contributed by atoms with E-state index in [1.165, 1.54) is 0 Å². The Morgan fingerprint density at radius 2 is 1.68 bits per heavy atom. The Morgan fingerprint density at radius 1 is 1.09 bits per heavy atom. The standard InChI is InChI=1S/C20H24O2/c1-3-20(2,14-19(21)18-12-8-5-9-13-18)16-22-15-17-10-6-4-7-11-17/h4-13H,3,14-16H2,1-2H3/t20-/m1/s1/i14D/t14-,20-. The number of benzene rings is 2. The molecule has 0 unspecified atom stereocenters. The lowest BCUT2D eigenvalue weighted by Gasteiger charge is -2.27. The van der Waals surface area contributed by atoms with E-state index in [2.05, 4.69) is 0 Å². The van der Waals surface area contributed by atoms with Gasteiger partial charge in [-0.05, 0) is 17.4 Å². The summed E-state index contributed by atoms with van der Waals surface area (Å²) in [5, 5.41) is 0. The molecule has 0 radical (unpaired) electrons. The highest BCUT2D eigenvalue weighted by molar-refractivity contribution is 5.96. The number of carbonyl (C=O) groups excluding carboxylic acids is 1. The molecule has 2 rings (SSSR count). The van der Waals surface area contributed by atoms with E-state index in [1.807, 2.05) is 62.4 Å². The Bertz CT molecular complexity index is 612. The van der Waals surface area contributed by atoms with Crippen LogP contribution in [0.1, 0.15) is 44.0 Å². The molecule has 0 heterocycles. The summed E-state index contributed by atoms with van der Waals surface area (Å²) in [5.41, 5.74) is 1.19. The maximum atomic E-state index is 12.5. The van der Waals surface area contributed by atoms with Gasteiger partial charge in [0, 0.05) is 13.3 Å². The number of rotatable bonds is 8. The van der Waals surface area contributed by atoms with Crippen molar-refractivity contribution in [3.8, 4) is 0 Å². The molecule has 0 bridgehead atoms. The second-order valence-corrected chi connectivity index (χ2v) is 5.86. The lowest BCUT2D eigenvalue weighted by atomic mass is 9.82. The number of ketones is 1. The predicted molar refractivity (Wildman–Crippen MR) is 89.9 cm³/mol. The van der Waals surface area contributed by atoms with Gasteiger partial charge in [0.05, 0.1) is 13.2 Å². The van der Waals surface area contributed by atoms with Crippen LogP contribution in [0.25, 0.3) is 0 Å². The van der Waals surface area contributed by atoms with Gasteiger partial charge in [0.15, 0.2) is 5.78 Å². The van der Waals surface area contributed by atoms with Crippen LogP contribution in [0.4, 0.5) is 0 Å². The van der Waals surface area contributed by atoms with E-state index in [-0.39, 0.29) is 5.78 Å². The lowest BCUT2D eigenvalue weighted by molar-refractivity contribution is 0.0343. The fourth-order valence-electron chi connectivity index (χ4n) is 2.22. The molecule has 2 aromatic rings. The van der Waals surface area contributed by atoms with Gasteiger partial charge in [-0.15, -0.1) is 0 Å². The summed E-state index contributed by atoms with van der Waals surface area (Å²) >= 11 is 0. The molecule has 0 saturated carbocycles. The van der Waals surface area contributed by atoms with Gasteiger partial charge >= 0.3 is 0 Å². The second kappa shape index (κ2) is 7.90. The van der Waals surface area contributed by atoms with Crippen molar-refractivity contribution in [2.75, 3.05) is 6.61 Å². The maximum absolute atomic E-state index is 12.5. The zero-order valence-electron chi connectivity index (χ0n) is 14.3. The van der Waals surface area contributed by atoms with Crippen LogP contribution >= 0.6 is 0 Å². The van der Waals surface area contributed by atoms with Gasteiger partial charge in [-0.1, -0.05) is 74.5 Å². The summed E-state index contributed by atoms with van der Waals surface area (Å²) in [4.78, 5) is 12.5. The summed E-state index contributed by atoms with van der Waals surface area (Å²) in [6, 6.07) is 19.0. The van der Waals surface area contributed by atoms with E-state index >= 15 is 0 Å². The molecule has 0 saturated heterocycles. The van der Waals surface area contributed by atoms with Gasteiger partial charge < -0.3 is 4.74 Å². The number of ether oxygens (including phenoxy) is 1. The topological polar surface area (TPSA) is 26.3 Å². The average molecular weight is 297 g/mol. The molecule has 22 heavy (non-hydrogen) atoms. The molecule has 2 aromatic carbocycles. The third-order valence-corrected chi connectivity index (χ3v) is 3.89. The van der Waals surface area contributed by atoms with Crippen LogP contribution in [-0.4, -0.2) is 12.4 Å². The zero-order valence-corrected chi connectivity index (χ0v) is 13.3. The summed E-state index contributed by atoms with van der Waals surface area (Å²) in [7, 11) is 0. The van der Waals surface area contributed by atoms with Crippen LogP contribution < -0.4 is 0 Å². The largest absolute Gasteiger partial charge is 0.376 e. The molecule has 2 nitrogen and oxygen atoms in total. The van der Waals surface area contributed by atoms with Gasteiger partial charge in [-0.3, -0.25) is 4.79 Å². The predicted octanol–water partition coefficient (Wildman–Crippen LogP) is 4.89.